The molecule has 258 valence electrons. The average molecular weight is 604 g/mol. The molecule has 0 aromatic rings. The van der Waals surface area contributed by atoms with Gasteiger partial charge in [0.15, 0.2) is 0 Å². The number of unbranched alkanes of at least 4 members (excludes halogenated alkanes) is 25. The van der Waals surface area contributed by atoms with Gasteiger partial charge in [0.05, 0.1) is 0 Å². The summed E-state index contributed by atoms with van der Waals surface area (Å²) in [5.41, 5.74) is 0.477. The van der Waals surface area contributed by atoms with E-state index in [0.29, 0.717) is 5.41 Å². The van der Waals surface area contributed by atoms with Gasteiger partial charge >= 0.3 is 0 Å². The second-order valence-corrected chi connectivity index (χ2v) is 14.9. The highest BCUT2D eigenvalue weighted by Gasteiger charge is 2.23. The zero-order valence-corrected chi connectivity index (χ0v) is 31.0. The van der Waals surface area contributed by atoms with Crippen molar-refractivity contribution in [2.75, 3.05) is 0 Å². The molecule has 0 saturated carbocycles. The molecule has 1 unspecified atom stereocenters. The Labute approximate surface area is 274 Å². The van der Waals surface area contributed by atoms with Gasteiger partial charge < -0.3 is 6.15 Å². The Hall–Kier alpha value is -0.560. The van der Waals surface area contributed by atoms with Gasteiger partial charge in [0.1, 0.15) is 0 Å². The van der Waals surface area contributed by atoms with Crippen LogP contribution in [0, 0.1) is 11.3 Å². The Balaban J connectivity index is 0. The summed E-state index contributed by atoms with van der Waals surface area (Å²) in [6, 6.07) is 0. The van der Waals surface area contributed by atoms with Gasteiger partial charge in [-0.2, -0.15) is 0 Å². The average Bonchev–Trinajstić information content (AvgIpc) is 2.96. The Bertz CT molecular complexity index is 554. The van der Waals surface area contributed by atoms with E-state index in [2.05, 4.69) is 58.9 Å². The first-order valence-electron chi connectivity index (χ1n) is 19.8. The van der Waals surface area contributed by atoms with E-state index in [-0.39, 0.29) is 6.15 Å². The monoisotopic (exact) mass is 604 g/mol. The predicted molar refractivity (Wildman–Crippen MR) is 201 cm³/mol. The van der Waals surface area contributed by atoms with E-state index in [1.54, 1.807) is 0 Å². The Kier molecular flexibility index (Phi) is 37.2. The lowest BCUT2D eigenvalue weighted by Gasteiger charge is -2.31. The van der Waals surface area contributed by atoms with Crippen molar-refractivity contribution >= 4 is 0 Å². The smallest absolute Gasteiger partial charge is 0.0351 e. The van der Waals surface area contributed by atoms with Crippen LogP contribution in [0.4, 0.5) is 0 Å². The zero-order valence-electron chi connectivity index (χ0n) is 31.0. The van der Waals surface area contributed by atoms with E-state index in [4.69, 9.17) is 0 Å². The lowest BCUT2D eigenvalue weighted by molar-refractivity contribution is 0.201. The van der Waals surface area contributed by atoms with Crippen molar-refractivity contribution in [1.82, 2.24) is 6.15 Å². The minimum atomic E-state index is 0. The summed E-state index contributed by atoms with van der Waals surface area (Å²) in [6.07, 6.45) is 53.6. The summed E-state index contributed by atoms with van der Waals surface area (Å²) in [5, 5.41) is 0. The number of allylic oxidation sites excluding steroid dienone is 4. The topological polar surface area (TPSA) is 35.0 Å². The first-order chi connectivity index (χ1) is 20.5. The van der Waals surface area contributed by atoms with Gasteiger partial charge in [0, 0.05) is 0 Å². The van der Waals surface area contributed by atoms with Crippen LogP contribution in [0.5, 0.6) is 0 Å². The van der Waals surface area contributed by atoms with E-state index in [0.717, 1.165) is 5.92 Å². The van der Waals surface area contributed by atoms with Crippen LogP contribution in [0.15, 0.2) is 24.3 Å². The molecule has 0 aliphatic heterocycles. The Morgan fingerprint density at radius 1 is 0.349 bits per heavy atom. The van der Waals surface area contributed by atoms with Crippen molar-refractivity contribution in [1.29, 1.82) is 0 Å². The second kappa shape index (κ2) is 35.9. The van der Waals surface area contributed by atoms with Crippen LogP contribution in [0.2, 0.25) is 0 Å². The van der Waals surface area contributed by atoms with E-state index in [9.17, 15) is 0 Å². The van der Waals surface area contributed by atoms with Gasteiger partial charge in [-0.25, -0.2) is 0 Å². The maximum absolute atomic E-state index is 2.49. The van der Waals surface area contributed by atoms with E-state index in [1.807, 2.05) is 0 Å². The highest BCUT2D eigenvalue weighted by atomic mass is 14.3. The second-order valence-electron chi connectivity index (χ2n) is 14.9. The summed E-state index contributed by atoms with van der Waals surface area (Å²) < 4.78 is 0. The molecule has 0 heterocycles. The van der Waals surface area contributed by atoms with Crippen LogP contribution < -0.4 is 6.15 Å². The highest BCUT2D eigenvalue weighted by Crippen LogP contribution is 2.34. The van der Waals surface area contributed by atoms with Crippen molar-refractivity contribution in [3.8, 4) is 0 Å². The molecule has 1 heteroatoms. The van der Waals surface area contributed by atoms with Crippen molar-refractivity contribution < 1.29 is 0 Å². The Morgan fingerprint density at radius 2 is 0.581 bits per heavy atom. The van der Waals surface area contributed by atoms with Gasteiger partial charge in [0.2, 0.25) is 0 Å². The standard InChI is InChI=1S/C42H82.H3N/c1-6-8-10-12-14-16-18-20-22-24-26-28-30-32-34-36-38-40-41(42(3,4)5)39-37-35-33-31-29-27-25-23-21-19-17-15-13-11-9-7-2;/h20-23,41H,6-19,24-40H2,1-5H3;1H3/b22-20-,23-21-;. The van der Waals surface area contributed by atoms with Crippen LogP contribution in [0.25, 0.3) is 0 Å². The fourth-order valence-corrected chi connectivity index (χ4v) is 6.46. The third-order valence-corrected chi connectivity index (χ3v) is 9.60. The predicted octanol–water partition coefficient (Wildman–Crippen LogP) is 16.1. The van der Waals surface area contributed by atoms with E-state index >= 15 is 0 Å². The highest BCUT2D eigenvalue weighted by molar-refractivity contribution is 4.82. The summed E-state index contributed by atoms with van der Waals surface area (Å²) in [6.45, 7) is 12.1. The third kappa shape index (κ3) is 35.8. The van der Waals surface area contributed by atoms with Gasteiger partial charge in [-0.1, -0.05) is 194 Å². The molecule has 0 aliphatic carbocycles. The van der Waals surface area contributed by atoms with Crippen LogP contribution >= 0.6 is 0 Å². The largest absolute Gasteiger partial charge is 0.344 e. The molecular formula is C42H85N. The molecule has 1 atom stereocenters. The first kappa shape index (κ1) is 44.6. The fraction of sp³-hybridized carbons (Fsp3) is 0.905. The summed E-state index contributed by atoms with van der Waals surface area (Å²) in [4.78, 5) is 0. The van der Waals surface area contributed by atoms with Crippen molar-refractivity contribution in [2.24, 2.45) is 11.3 Å². The minimum Gasteiger partial charge on any atom is -0.344 e. The van der Waals surface area contributed by atoms with Gasteiger partial charge in [-0.05, 0) is 75.5 Å². The van der Waals surface area contributed by atoms with Gasteiger partial charge in [0.25, 0.3) is 0 Å². The summed E-state index contributed by atoms with van der Waals surface area (Å²) in [5.74, 6) is 0.914. The molecule has 0 aromatic heterocycles. The SMILES string of the molecule is CCCCCCCC/C=C\CCCCCCCCCC(CCCCCCCC/C=C\CCCCCCCC)C(C)(C)C.N. The molecule has 1 nitrogen and oxygen atoms in total. The molecular weight excluding hydrogens is 518 g/mol. The Morgan fingerprint density at radius 3 is 0.837 bits per heavy atom. The number of hydrogen-bond donors (Lipinski definition) is 1. The summed E-state index contributed by atoms with van der Waals surface area (Å²) in [7, 11) is 0. The van der Waals surface area contributed by atoms with Crippen LogP contribution in [0.1, 0.15) is 234 Å². The van der Waals surface area contributed by atoms with Crippen molar-refractivity contribution in [2.45, 2.75) is 234 Å². The maximum Gasteiger partial charge on any atom is -0.0351 e. The minimum absolute atomic E-state index is 0. The molecule has 0 rings (SSSR count). The number of rotatable bonds is 33. The van der Waals surface area contributed by atoms with Crippen LogP contribution in [-0.2, 0) is 0 Å². The molecule has 0 bridgehead atoms. The van der Waals surface area contributed by atoms with Crippen molar-refractivity contribution in [3.63, 3.8) is 0 Å². The molecule has 0 amide bonds. The molecule has 0 spiro atoms. The van der Waals surface area contributed by atoms with E-state index in [1.165, 1.54) is 199 Å². The molecule has 0 aromatic carbocycles. The van der Waals surface area contributed by atoms with Crippen molar-refractivity contribution in [3.05, 3.63) is 24.3 Å². The third-order valence-electron chi connectivity index (χ3n) is 9.60. The lowest BCUT2D eigenvalue weighted by Crippen LogP contribution is -2.20. The van der Waals surface area contributed by atoms with Gasteiger partial charge in [-0.15, -0.1) is 0 Å². The van der Waals surface area contributed by atoms with Gasteiger partial charge in [-0.3, -0.25) is 0 Å². The molecule has 0 fully saturated rings. The fourth-order valence-electron chi connectivity index (χ4n) is 6.46. The van der Waals surface area contributed by atoms with Crippen LogP contribution in [0.3, 0.4) is 0 Å². The lowest BCUT2D eigenvalue weighted by atomic mass is 9.75. The molecule has 0 aliphatic rings. The zero-order chi connectivity index (χ0) is 30.8. The normalized spacial score (nSPS) is 12.9. The number of hydrogen-bond acceptors (Lipinski definition) is 1. The van der Waals surface area contributed by atoms with Crippen LogP contribution in [-0.4, -0.2) is 0 Å². The quantitative estimate of drug-likeness (QED) is 0.0587. The molecule has 3 N–H and O–H groups in total. The van der Waals surface area contributed by atoms with E-state index < -0.39 is 0 Å². The molecule has 0 radical (unpaired) electrons. The maximum atomic E-state index is 2.49. The first-order valence-corrected chi connectivity index (χ1v) is 19.8. The molecule has 0 saturated heterocycles. The summed E-state index contributed by atoms with van der Waals surface area (Å²) >= 11 is 0. The molecule has 43 heavy (non-hydrogen) atoms.